The first-order valence-corrected chi connectivity index (χ1v) is 6.31. The van der Waals surface area contributed by atoms with Crippen LogP contribution >= 0.6 is 15.9 Å². The van der Waals surface area contributed by atoms with Gasteiger partial charge in [-0.25, -0.2) is 0 Å². The van der Waals surface area contributed by atoms with Gasteiger partial charge in [-0.3, -0.25) is 4.79 Å². The van der Waals surface area contributed by atoms with Gasteiger partial charge in [-0.2, -0.15) is 5.26 Å². The summed E-state index contributed by atoms with van der Waals surface area (Å²) in [6.45, 7) is 1.68. The van der Waals surface area contributed by atoms with Crippen molar-refractivity contribution in [2.45, 2.75) is 6.04 Å². The molecule has 1 aromatic rings. The van der Waals surface area contributed by atoms with Crippen LogP contribution in [0.1, 0.15) is 5.56 Å². The Bertz CT molecular complexity index is 493. The van der Waals surface area contributed by atoms with Crippen LogP contribution in [0, 0.1) is 11.3 Å². The Morgan fingerprint density at radius 3 is 3.06 bits per heavy atom. The fraction of sp³-hybridized carbons (Fsp3) is 0.333. The highest BCUT2D eigenvalue weighted by molar-refractivity contribution is 9.10. The molecular formula is C12H12BrN3O2. The van der Waals surface area contributed by atoms with Gasteiger partial charge in [0.05, 0.1) is 30.5 Å². The average molecular weight is 310 g/mol. The van der Waals surface area contributed by atoms with E-state index in [1.165, 1.54) is 0 Å². The molecule has 0 bridgehead atoms. The number of benzene rings is 1. The first-order chi connectivity index (χ1) is 8.70. The van der Waals surface area contributed by atoms with Crippen LogP contribution in [0.25, 0.3) is 0 Å². The molecule has 2 rings (SSSR count). The Morgan fingerprint density at radius 2 is 2.44 bits per heavy atom. The normalized spacial score (nSPS) is 19.0. The second-order valence-corrected chi connectivity index (χ2v) is 4.73. The molecule has 1 unspecified atom stereocenters. The summed E-state index contributed by atoms with van der Waals surface area (Å²) in [7, 11) is 0. The van der Waals surface area contributed by atoms with Crippen LogP contribution in [0.3, 0.4) is 0 Å². The quantitative estimate of drug-likeness (QED) is 0.862. The summed E-state index contributed by atoms with van der Waals surface area (Å²) >= 11 is 3.32. The molecule has 0 aliphatic carbocycles. The van der Waals surface area contributed by atoms with Gasteiger partial charge in [0.2, 0.25) is 5.91 Å². The Balaban J connectivity index is 2.04. The van der Waals surface area contributed by atoms with Gasteiger partial charge in [0.1, 0.15) is 6.04 Å². The van der Waals surface area contributed by atoms with Crippen LogP contribution in [0.4, 0.5) is 5.69 Å². The van der Waals surface area contributed by atoms with Gasteiger partial charge in [0, 0.05) is 11.0 Å². The molecule has 0 radical (unpaired) electrons. The van der Waals surface area contributed by atoms with E-state index >= 15 is 0 Å². The molecule has 1 heterocycles. The second-order valence-electron chi connectivity index (χ2n) is 3.88. The number of nitriles is 1. The van der Waals surface area contributed by atoms with E-state index in [1.807, 2.05) is 6.07 Å². The number of rotatable bonds is 2. The number of hydrogen-bond acceptors (Lipinski definition) is 4. The summed E-state index contributed by atoms with van der Waals surface area (Å²) in [5.74, 6) is -0.139. The maximum Gasteiger partial charge on any atom is 0.243 e. The zero-order chi connectivity index (χ0) is 13.0. The van der Waals surface area contributed by atoms with Crippen LogP contribution in [0.2, 0.25) is 0 Å². The molecule has 0 spiro atoms. The van der Waals surface area contributed by atoms with Crippen LogP contribution in [0.5, 0.6) is 0 Å². The number of ether oxygens (including phenoxy) is 1. The van der Waals surface area contributed by atoms with Crippen molar-refractivity contribution >= 4 is 27.5 Å². The molecule has 1 amide bonds. The SMILES string of the molecule is N#Cc1ccc(NC(=O)C2COCCN2)c(Br)c1. The molecule has 0 saturated carbocycles. The molecule has 1 aromatic carbocycles. The highest BCUT2D eigenvalue weighted by Crippen LogP contribution is 2.23. The predicted octanol–water partition coefficient (Wildman–Crippen LogP) is 1.25. The maximum absolute atomic E-state index is 11.9. The Labute approximate surface area is 113 Å². The molecule has 1 atom stereocenters. The molecule has 1 aliphatic heterocycles. The van der Waals surface area contributed by atoms with Crippen molar-refractivity contribution < 1.29 is 9.53 Å². The topological polar surface area (TPSA) is 74.2 Å². The molecule has 5 nitrogen and oxygen atoms in total. The van der Waals surface area contributed by atoms with Crippen LogP contribution < -0.4 is 10.6 Å². The number of amides is 1. The molecule has 1 fully saturated rings. The molecule has 1 saturated heterocycles. The van der Waals surface area contributed by atoms with Crippen molar-refractivity contribution in [1.29, 1.82) is 5.26 Å². The third-order valence-electron chi connectivity index (χ3n) is 2.59. The third kappa shape index (κ3) is 3.07. The number of nitrogens with zero attached hydrogens (tertiary/aromatic N) is 1. The van der Waals surface area contributed by atoms with E-state index in [0.717, 1.165) is 0 Å². The predicted molar refractivity (Wildman–Crippen MR) is 70.1 cm³/mol. The van der Waals surface area contributed by atoms with Gasteiger partial charge >= 0.3 is 0 Å². The van der Waals surface area contributed by atoms with Crippen molar-refractivity contribution in [3.05, 3.63) is 28.2 Å². The van der Waals surface area contributed by atoms with E-state index < -0.39 is 0 Å². The maximum atomic E-state index is 11.9. The Kier molecular flexibility index (Phi) is 4.31. The van der Waals surface area contributed by atoms with Crippen molar-refractivity contribution in [2.24, 2.45) is 0 Å². The summed E-state index contributed by atoms with van der Waals surface area (Å²) in [5, 5.41) is 14.6. The third-order valence-corrected chi connectivity index (χ3v) is 3.25. The smallest absolute Gasteiger partial charge is 0.243 e. The minimum atomic E-state index is -0.332. The van der Waals surface area contributed by atoms with Gasteiger partial charge in [-0.05, 0) is 34.1 Å². The number of carbonyl (C=O) groups excluding carboxylic acids is 1. The highest BCUT2D eigenvalue weighted by Gasteiger charge is 2.21. The van der Waals surface area contributed by atoms with Crippen LogP contribution in [-0.2, 0) is 9.53 Å². The van der Waals surface area contributed by atoms with Crippen molar-refractivity contribution in [2.75, 3.05) is 25.1 Å². The summed E-state index contributed by atoms with van der Waals surface area (Å²) in [4.78, 5) is 11.9. The number of anilines is 1. The molecule has 6 heteroatoms. The lowest BCUT2D eigenvalue weighted by Crippen LogP contribution is -2.48. The largest absolute Gasteiger partial charge is 0.378 e. The standard InChI is InChI=1S/C12H12BrN3O2/c13-9-5-8(6-14)1-2-10(9)16-12(17)11-7-18-4-3-15-11/h1-2,5,11,15H,3-4,7H2,(H,16,17). The number of nitrogens with one attached hydrogen (secondary N) is 2. The molecule has 94 valence electrons. The zero-order valence-electron chi connectivity index (χ0n) is 9.57. The lowest BCUT2D eigenvalue weighted by molar-refractivity contribution is -0.120. The van der Waals surface area contributed by atoms with E-state index in [1.54, 1.807) is 18.2 Å². The van der Waals surface area contributed by atoms with Crippen molar-refractivity contribution in [1.82, 2.24) is 5.32 Å². The summed E-state index contributed by atoms with van der Waals surface area (Å²) in [6, 6.07) is 6.73. The fourth-order valence-electron chi connectivity index (χ4n) is 1.64. The van der Waals surface area contributed by atoms with E-state index in [0.29, 0.717) is 35.5 Å². The van der Waals surface area contributed by atoms with Gasteiger partial charge in [0.25, 0.3) is 0 Å². The van der Waals surface area contributed by atoms with Gasteiger partial charge < -0.3 is 15.4 Å². The van der Waals surface area contributed by atoms with Crippen molar-refractivity contribution in [3.63, 3.8) is 0 Å². The number of carbonyl (C=O) groups is 1. The molecule has 2 N–H and O–H groups in total. The summed E-state index contributed by atoms with van der Waals surface area (Å²) in [5.41, 5.74) is 1.19. The zero-order valence-corrected chi connectivity index (χ0v) is 11.2. The number of halogens is 1. The van der Waals surface area contributed by atoms with E-state index in [2.05, 4.69) is 26.6 Å². The second kappa shape index (κ2) is 5.96. The van der Waals surface area contributed by atoms with E-state index in [4.69, 9.17) is 10.00 Å². The monoisotopic (exact) mass is 309 g/mol. The first-order valence-electron chi connectivity index (χ1n) is 5.52. The molecule has 1 aliphatic rings. The summed E-state index contributed by atoms with van der Waals surface area (Å²) in [6.07, 6.45) is 0. The van der Waals surface area contributed by atoms with E-state index in [-0.39, 0.29) is 11.9 Å². The Morgan fingerprint density at radius 1 is 1.61 bits per heavy atom. The Hall–Kier alpha value is -1.42. The number of hydrogen-bond donors (Lipinski definition) is 2. The minimum Gasteiger partial charge on any atom is -0.378 e. The van der Waals surface area contributed by atoms with Gasteiger partial charge in [0.15, 0.2) is 0 Å². The lowest BCUT2D eigenvalue weighted by atomic mass is 10.2. The first kappa shape index (κ1) is 13.0. The van der Waals surface area contributed by atoms with E-state index in [9.17, 15) is 4.79 Å². The molecular weight excluding hydrogens is 298 g/mol. The fourth-order valence-corrected chi connectivity index (χ4v) is 2.12. The average Bonchev–Trinajstić information content (AvgIpc) is 2.42. The molecule has 18 heavy (non-hydrogen) atoms. The molecule has 0 aromatic heterocycles. The van der Waals surface area contributed by atoms with Gasteiger partial charge in [-0.15, -0.1) is 0 Å². The highest BCUT2D eigenvalue weighted by atomic mass is 79.9. The van der Waals surface area contributed by atoms with Crippen LogP contribution in [-0.4, -0.2) is 31.7 Å². The van der Waals surface area contributed by atoms with Gasteiger partial charge in [-0.1, -0.05) is 0 Å². The van der Waals surface area contributed by atoms with Crippen LogP contribution in [0.15, 0.2) is 22.7 Å². The lowest BCUT2D eigenvalue weighted by Gasteiger charge is -2.23. The summed E-state index contributed by atoms with van der Waals surface area (Å²) < 4.78 is 5.92. The van der Waals surface area contributed by atoms with Crippen molar-refractivity contribution in [3.8, 4) is 6.07 Å². The minimum absolute atomic E-state index is 0.139. The number of morpholine rings is 1.